The molecule has 150 valence electrons. The summed E-state index contributed by atoms with van der Waals surface area (Å²) >= 11 is 0. The molecule has 1 aliphatic rings. The first kappa shape index (κ1) is 20.6. The van der Waals surface area contributed by atoms with E-state index in [-0.39, 0.29) is 16.7 Å². The van der Waals surface area contributed by atoms with E-state index in [1.54, 1.807) is 29.2 Å². The second-order valence-electron chi connectivity index (χ2n) is 7.89. The summed E-state index contributed by atoms with van der Waals surface area (Å²) in [5.74, 6) is 0.0330. The number of carbonyl (C=O) groups is 1. The average molecular weight is 401 g/mol. The van der Waals surface area contributed by atoms with Gasteiger partial charge in [-0.2, -0.15) is 4.72 Å². The lowest BCUT2D eigenvalue weighted by Crippen LogP contribution is -2.50. The fourth-order valence-electron chi connectivity index (χ4n) is 3.55. The van der Waals surface area contributed by atoms with Crippen molar-refractivity contribution < 1.29 is 13.2 Å². The van der Waals surface area contributed by atoms with E-state index < -0.39 is 16.1 Å². The van der Waals surface area contributed by atoms with Gasteiger partial charge in [-0.1, -0.05) is 55.8 Å². The monoisotopic (exact) mass is 400 g/mol. The highest BCUT2D eigenvalue weighted by molar-refractivity contribution is 7.89. The Labute approximate surface area is 167 Å². The third kappa shape index (κ3) is 4.80. The minimum Gasteiger partial charge on any atom is -0.337 e. The Hall–Kier alpha value is -2.18. The Kier molecular flexibility index (Phi) is 6.20. The standard InChI is InChI=1S/C22H28N2O3S/c1-16(2)14-21(23-28(26,27)20-10-8-17(3)9-11-20)22(25)24-13-12-18-6-4-5-7-19(18)15-24/h4-11,16,21,23H,12-15H2,1-3H3. The van der Waals surface area contributed by atoms with Gasteiger partial charge < -0.3 is 4.90 Å². The van der Waals surface area contributed by atoms with Crippen LogP contribution in [0.3, 0.4) is 0 Å². The predicted octanol–water partition coefficient (Wildman–Crippen LogP) is 3.27. The van der Waals surface area contributed by atoms with E-state index in [1.807, 2.05) is 39.0 Å². The van der Waals surface area contributed by atoms with Gasteiger partial charge >= 0.3 is 0 Å². The van der Waals surface area contributed by atoms with Crippen LogP contribution >= 0.6 is 0 Å². The summed E-state index contributed by atoms with van der Waals surface area (Å²) in [7, 11) is -3.76. The van der Waals surface area contributed by atoms with E-state index in [2.05, 4.69) is 10.8 Å². The molecule has 2 aromatic carbocycles. The minimum absolute atomic E-state index is 0.154. The molecule has 1 amide bonds. The zero-order chi connectivity index (χ0) is 20.3. The summed E-state index contributed by atoms with van der Waals surface area (Å²) in [6, 6.07) is 14.0. The molecular weight excluding hydrogens is 372 g/mol. The van der Waals surface area contributed by atoms with Gasteiger partial charge in [-0.15, -0.1) is 0 Å². The second-order valence-corrected chi connectivity index (χ2v) is 9.61. The van der Waals surface area contributed by atoms with Gasteiger partial charge in [0.15, 0.2) is 0 Å². The van der Waals surface area contributed by atoms with Crippen LogP contribution in [0.5, 0.6) is 0 Å². The normalized spacial score (nSPS) is 15.4. The first-order chi connectivity index (χ1) is 13.3. The molecule has 1 atom stereocenters. The molecule has 6 heteroatoms. The van der Waals surface area contributed by atoms with Crippen molar-refractivity contribution in [1.82, 2.24) is 9.62 Å². The summed E-state index contributed by atoms with van der Waals surface area (Å²) in [6.45, 7) is 7.02. The Morgan fingerprint density at radius 1 is 1.07 bits per heavy atom. The molecule has 1 heterocycles. The van der Waals surface area contributed by atoms with E-state index in [1.165, 1.54) is 5.56 Å². The molecule has 0 radical (unpaired) electrons. The third-order valence-corrected chi connectivity index (χ3v) is 6.56. The maximum absolute atomic E-state index is 13.2. The first-order valence-electron chi connectivity index (χ1n) is 9.71. The Morgan fingerprint density at radius 3 is 2.36 bits per heavy atom. The number of fused-ring (bicyclic) bond motifs is 1. The molecule has 0 bridgehead atoms. The van der Waals surface area contributed by atoms with Gasteiger partial charge in [-0.25, -0.2) is 8.42 Å². The quantitative estimate of drug-likeness (QED) is 0.809. The van der Waals surface area contributed by atoms with Crippen LogP contribution in [0.1, 0.15) is 37.0 Å². The van der Waals surface area contributed by atoms with Crippen LogP contribution in [0.2, 0.25) is 0 Å². The number of hydrogen-bond donors (Lipinski definition) is 1. The fraction of sp³-hybridized carbons (Fsp3) is 0.409. The number of rotatable bonds is 6. The van der Waals surface area contributed by atoms with E-state index >= 15 is 0 Å². The van der Waals surface area contributed by atoms with Crippen LogP contribution in [0.25, 0.3) is 0 Å². The lowest BCUT2D eigenvalue weighted by atomic mass is 9.98. The molecule has 3 rings (SSSR count). The predicted molar refractivity (Wildman–Crippen MR) is 110 cm³/mol. The summed E-state index contributed by atoms with van der Waals surface area (Å²) in [4.78, 5) is 15.2. The Bertz CT molecular complexity index is 937. The molecule has 0 aliphatic carbocycles. The number of benzene rings is 2. The smallest absolute Gasteiger partial charge is 0.241 e. The van der Waals surface area contributed by atoms with Gasteiger partial charge in [0.25, 0.3) is 0 Å². The van der Waals surface area contributed by atoms with Gasteiger partial charge in [0.2, 0.25) is 15.9 Å². The Morgan fingerprint density at radius 2 is 1.71 bits per heavy atom. The van der Waals surface area contributed by atoms with Crippen LogP contribution in [-0.4, -0.2) is 31.8 Å². The summed E-state index contributed by atoms with van der Waals surface area (Å²) < 4.78 is 28.3. The molecule has 1 aliphatic heterocycles. The van der Waals surface area contributed by atoms with Crippen molar-refractivity contribution in [2.75, 3.05) is 6.54 Å². The largest absolute Gasteiger partial charge is 0.337 e. The lowest BCUT2D eigenvalue weighted by molar-refractivity contribution is -0.134. The van der Waals surface area contributed by atoms with Crippen molar-refractivity contribution in [1.29, 1.82) is 0 Å². The molecular formula is C22H28N2O3S. The number of carbonyl (C=O) groups excluding carboxylic acids is 1. The number of amides is 1. The highest BCUT2D eigenvalue weighted by Gasteiger charge is 2.31. The van der Waals surface area contributed by atoms with Crippen LogP contribution in [0.4, 0.5) is 0 Å². The van der Waals surface area contributed by atoms with E-state index in [9.17, 15) is 13.2 Å². The van der Waals surface area contributed by atoms with Gasteiger partial charge in [0.05, 0.1) is 4.90 Å². The third-order valence-electron chi connectivity index (χ3n) is 5.08. The molecule has 0 spiro atoms. The van der Waals surface area contributed by atoms with Crippen molar-refractivity contribution in [3.05, 3.63) is 65.2 Å². The van der Waals surface area contributed by atoms with Gasteiger partial charge in [0, 0.05) is 13.1 Å². The topological polar surface area (TPSA) is 66.5 Å². The molecule has 1 unspecified atom stereocenters. The average Bonchev–Trinajstić information content (AvgIpc) is 2.66. The summed E-state index contributed by atoms with van der Waals surface area (Å²) in [5, 5.41) is 0. The zero-order valence-electron chi connectivity index (χ0n) is 16.7. The lowest BCUT2D eigenvalue weighted by Gasteiger charge is -2.32. The van der Waals surface area contributed by atoms with Crippen molar-refractivity contribution in [2.45, 2.75) is 51.1 Å². The van der Waals surface area contributed by atoms with Crippen molar-refractivity contribution in [3.8, 4) is 0 Å². The molecule has 2 aromatic rings. The van der Waals surface area contributed by atoms with Crippen molar-refractivity contribution in [2.24, 2.45) is 5.92 Å². The van der Waals surface area contributed by atoms with Crippen LogP contribution in [0, 0.1) is 12.8 Å². The molecule has 0 aromatic heterocycles. The molecule has 0 saturated heterocycles. The van der Waals surface area contributed by atoms with E-state index in [0.717, 1.165) is 17.5 Å². The highest BCUT2D eigenvalue weighted by atomic mass is 32.2. The van der Waals surface area contributed by atoms with E-state index in [4.69, 9.17) is 0 Å². The summed E-state index contributed by atoms with van der Waals surface area (Å²) in [6.07, 6.45) is 1.25. The van der Waals surface area contributed by atoms with Gasteiger partial charge in [0.1, 0.15) is 6.04 Å². The number of aryl methyl sites for hydroxylation is 1. The van der Waals surface area contributed by atoms with Gasteiger partial charge in [-0.3, -0.25) is 4.79 Å². The van der Waals surface area contributed by atoms with Crippen molar-refractivity contribution >= 4 is 15.9 Å². The number of nitrogens with zero attached hydrogens (tertiary/aromatic N) is 1. The SMILES string of the molecule is Cc1ccc(S(=O)(=O)NC(CC(C)C)C(=O)N2CCc3ccccc3C2)cc1. The van der Waals surface area contributed by atoms with Gasteiger partial charge in [-0.05, 0) is 48.9 Å². The Balaban J connectivity index is 1.80. The fourth-order valence-corrected chi connectivity index (χ4v) is 4.75. The van der Waals surface area contributed by atoms with Crippen LogP contribution in [0.15, 0.2) is 53.4 Å². The number of sulfonamides is 1. The molecule has 0 fully saturated rings. The molecule has 5 nitrogen and oxygen atoms in total. The summed E-state index contributed by atoms with van der Waals surface area (Å²) in [5.41, 5.74) is 3.37. The highest BCUT2D eigenvalue weighted by Crippen LogP contribution is 2.21. The molecule has 28 heavy (non-hydrogen) atoms. The number of hydrogen-bond acceptors (Lipinski definition) is 3. The minimum atomic E-state index is -3.76. The van der Waals surface area contributed by atoms with Crippen LogP contribution < -0.4 is 4.72 Å². The molecule has 0 saturated carbocycles. The first-order valence-corrected chi connectivity index (χ1v) is 11.2. The second kappa shape index (κ2) is 8.45. The number of nitrogens with one attached hydrogen (secondary N) is 1. The maximum Gasteiger partial charge on any atom is 0.241 e. The van der Waals surface area contributed by atoms with Crippen molar-refractivity contribution in [3.63, 3.8) is 0 Å². The molecule has 1 N–H and O–H groups in total. The zero-order valence-corrected chi connectivity index (χ0v) is 17.5. The van der Waals surface area contributed by atoms with Crippen LogP contribution in [-0.2, 0) is 27.8 Å². The maximum atomic E-state index is 13.2. The van der Waals surface area contributed by atoms with E-state index in [0.29, 0.717) is 19.5 Å².